The summed E-state index contributed by atoms with van der Waals surface area (Å²) in [6, 6.07) is 9.91. The van der Waals surface area contributed by atoms with Crippen molar-refractivity contribution in [3.05, 3.63) is 30.3 Å². The molecule has 0 N–H and O–H groups in total. The maximum Gasteiger partial charge on any atom is 0.128 e. The van der Waals surface area contributed by atoms with E-state index in [1.807, 2.05) is 30.3 Å². The molecule has 0 heterocycles. The van der Waals surface area contributed by atoms with Gasteiger partial charge in [0, 0.05) is 6.42 Å². The Hall–Kier alpha value is -1.02. The minimum atomic E-state index is 0.264. The van der Waals surface area contributed by atoms with Crippen LogP contribution in [0.5, 0.6) is 5.75 Å². The van der Waals surface area contributed by atoms with Gasteiger partial charge in [0.1, 0.15) is 11.9 Å². The van der Waals surface area contributed by atoms with Gasteiger partial charge < -0.3 is 9.47 Å². The minimum Gasteiger partial charge on any atom is -0.488 e. The molecule has 0 aromatic heterocycles. The first-order valence-electron chi connectivity index (χ1n) is 5.13. The first-order valence-corrected chi connectivity index (χ1v) is 5.13. The number of hydrogen-bond donors (Lipinski definition) is 0. The number of hydrogen-bond acceptors (Lipinski definition) is 2. The standard InChI is InChI=1S/C12H16O2/c1-9(2)13-11-8-12(11)14-10-6-4-3-5-7-10/h3-7,9,11-12H,8H2,1-2H3/t11-,12+/m1/s1. The van der Waals surface area contributed by atoms with Gasteiger partial charge in [-0.15, -0.1) is 0 Å². The van der Waals surface area contributed by atoms with Gasteiger partial charge in [-0.1, -0.05) is 18.2 Å². The van der Waals surface area contributed by atoms with Crippen LogP contribution in [0.3, 0.4) is 0 Å². The summed E-state index contributed by atoms with van der Waals surface area (Å²) in [4.78, 5) is 0. The summed E-state index contributed by atoms with van der Waals surface area (Å²) in [6.45, 7) is 4.11. The number of rotatable bonds is 4. The van der Waals surface area contributed by atoms with Crippen molar-refractivity contribution in [1.82, 2.24) is 0 Å². The lowest BCUT2D eigenvalue weighted by molar-refractivity contribution is 0.0430. The maximum atomic E-state index is 5.71. The zero-order valence-electron chi connectivity index (χ0n) is 8.64. The molecular formula is C12H16O2. The zero-order valence-corrected chi connectivity index (χ0v) is 8.64. The molecule has 2 atom stereocenters. The van der Waals surface area contributed by atoms with Gasteiger partial charge in [-0.05, 0) is 26.0 Å². The van der Waals surface area contributed by atoms with E-state index in [2.05, 4.69) is 13.8 Å². The molecule has 2 rings (SSSR count). The van der Waals surface area contributed by atoms with E-state index < -0.39 is 0 Å². The summed E-state index contributed by atoms with van der Waals surface area (Å²) >= 11 is 0. The van der Waals surface area contributed by atoms with Crippen molar-refractivity contribution in [2.45, 2.75) is 38.6 Å². The molecule has 1 saturated carbocycles. The van der Waals surface area contributed by atoms with Crippen LogP contribution in [0.2, 0.25) is 0 Å². The number of benzene rings is 1. The second-order valence-corrected chi connectivity index (χ2v) is 3.93. The lowest BCUT2D eigenvalue weighted by atomic mass is 10.3. The van der Waals surface area contributed by atoms with Crippen molar-refractivity contribution in [1.29, 1.82) is 0 Å². The van der Waals surface area contributed by atoms with Crippen LogP contribution >= 0.6 is 0 Å². The van der Waals surface area contributed by atoms with Crippen molar-refractivity contribution in [2.75, 3.05) is 0 Å². The van der Waals surface area contributed by atoms with Crippen LogP contribution in [0.25, 0.3) is 0 Å². The van der Waals surface area contributed by atoms with Crippen LogP contribution in [0.1, 0.15) is 20.3 Å². The van der Waals surface area contributed by atoms with Crippen molar-refractivity contribution in [3.63, 3.8) is 0 Å². The Labute approximate surface area is 84.8 Å². The molecule has 76 valence electrons. The fraction of sp³-hybridized carbons (Fsp3) is 0.500. The molecular weight excluding hydrogens is 176 g/mol. The SMILES string of the molecule is CC(C)O[C@@H]1C[C@@H]1Oc1ccccc1. The first-order chi connectivity index (χ1) is 6.75. The van der Waals surface area contributed by atoms with E-state index in [0.29, 0.717) is 12.2 Å². The molecule has 14 heavy (non-hydrogen) atoms. The van der Waals surface area contributed by atoms with Crippen LogP contribution in [-0.2, 0) is 4.74 Å². The van der Waals surface area contributed by atoms with Gasteiger partial charge in [0.05, 0.1) is 12.2 Å². The monoisotopic (exact) mass is 192 g/mol. The molecule has 0 aliphatic heterocycles. The highest BCUT2D eigenvalue weighted by Gasteiger charge is 2.41. The van der Waals surface area contributed by atoms with Gasteiger partial charge in [-0.2, -0.15) is 0 Å². The molecule has 0 bridgehead atoms. The Bertz CT molecular complexity index is 282. The lowest BCUT2D eigenvalue weighted by Gasteiger charge is -2.08. The van der Waals surface area contributed by atoms with Crippen LogP contribution in [0.15, 0.2) is 30.3 Å². The van der Waals surface area contributed by atoms with Crippen LogP contribution in [-0.4, -0.2) is 18.3 Å². The predicted molar refractivity (Wildman–Crippen MR) is 55.5 cm³/mol. The topological polar surface area (TPSA) is 18.5 Å². The molecule has 1 aromatic carbocycles. The van der Waals surface area contributed by atoms with Gasteiger partial charge in [0.15, 0.2) is 0 Å². The normalized spacial score (nSPS) is 25.1. The number of ether oxygens (including phenoxy) is 2. The highest BCUT2D eigenvalue weighted by atomic mass is 16.6. The van der Waals surface area contributed by atoms with E-state index in [1.165, 1.54) is 0 Å². The van der Waals surface area contributed by atoms with E-state index in [1.54, 1.807) is 0 Å². The van der Waals surface area contributed by atoms with E-state index in [-0.39, 0.29) is 6.10 Å². The van der Waals surface area contributed by atoms with Crippen molar-refractivity contribution < 1.29 is 9.47 Å². The second-order valence-electron chi connectivity index (χ2n) is 3.93. The van der Waals surface area contributed by atoms with Gasteiger partial charge >= 0.3 is 0 Å². The highest BCUT2D eigenvalue weighted by molar-refractivity contribution is 5.22. The molecule has 0 radical (unpaired) electrons. The molecule has 0 saturated heterocycles. The summed E-state index contributed by atoms with van der Waals surface area (Å²) < 4.78 is 11.3. The average Bonchev–Trinajstić information content (AvgIpc) is 2.84. The van der Waals surface area contributed by atoms with E-state index >= 15 is 0 Å². The van der Waals surface area contributed by atoms with Gasteiger partial charge in [-0.25, -0.2) is 0 Å². The largest absolute Gasteiger partial charge is 0.488 e. The lowest BCUT2D eigenvalue weighted by Crippen LogP contribution is -2.11. The second kappa shape index (κ2) is 4.01. The van der Waals surface area contributed by atoms with Gasteiger partial charge in [0.25, 0.3) is 0 Å². The molecule has 1 aliphatic carbocycles. The predicted octanol–water partition coefficient (Wildman–Crippen LogP) is 2.63. The minimum absolute atomic E-state index is 0.264. The molecule has 1 aromatic rings. The summed E-state index contributed by atoms with van der Waals surface area (Å²) in [5, 5.41) is 0. The highest BCUT2D eigenvalue weighted by Crippen LogP contribution is 2.31. The Kier molecular flexibility index (Phi) is 2.73. The van der Waals surface area contributed by atoms with Crippen molar-refractivity contribution in [2.24, 2.45) is 0 Å². The summed E-state index contributed by atoms with van der Waals surface area (Å²) in [7, 11) is 0. The third-order valence-corrected chi connectivity index (χ3v) is 2.15. The van der Waals surface area contributed by atoms with Crippen molar-refractivity contribution in [3.8, 4) is 5.75 Å². The van der Waals surface area contributed by atoms with E-state index in [9.17, 15) is 0 Å². The van der Waals surface area contributed by atoms with Gasteiger partial charge in [-0.3, -0.25) is 0 Å². The molecule has 0 unspecified atom stereocenters. The molecule has 1 aliphatic rings. The van der Waals surface area contributed by atoms with Crippen molar-refractivity contribution >= 4 is 0 Å². The molecule has 0 amide bonds. The Balaban J connectivity index is 1.79. The van der Waals surface area contributed by atoms with E-state index in [0.717, 1.165) is 12.2 Å². The summed E-state index contributed by atoms with van der Waals surface area (Å²) in [6.07, 6.45) is 1.88. The van der Waals surface area contributed by atoms with Crippen LogP contribution < -0.4 is 4.74 Å². The van der Waals surface area contributed by atoms with Crippen LogP contribution in [0.4, 0.5) is 0 Å². The third kappa shape index (κ3) is 2.48. The smallest absolute Gasteiger partial charge is 0.128 e. The molecule has 0 spiro atoms. The Morgan fingerprint density at radius 1 is 1.14 bits per heavy atom. The zero-order chi connectivity index (χ0) is 9.97. The van der Waals surface area contributed by atoms with Gasteiger partial charge in [0.2, 0.25) is 0 Å². The Morgan fingerprint density at radius 3 is 2.50 bits per heavy atom. The third-order valence-electron chi connectivity index (χ3n) is 2.15. The summed E-state index contributed by atoms with van der Waals surface area (Å²) in [5.74, 6) is 0.937. The quantitative estimate of drug-likeness (QED) is 0.730. The molecule has 2 heteroatoms. The average molecular weight is 192 g/mol. The Morgan fingerprint density at radius 2 is 1.86 bits per heavy atom. The fourth-order valence-electron chi connectivity index (χ4n) is 1.44. The molecule has 2 nitrogen and oxygen atoms in total. The first kappa shape index (κ1) is 9.53. The fourth-order valence-corrected chi connectivity index (χ4v) is 1.44. The molecule has 1 fully saturated rings. The maximum absolute atomic E-state index is 5.71. The van der Waals surface area contributed by atoms with E-state index in [4.69, 9.17) is 9.47 Å². The number of para-hydroxylation sites is 1. The summed E-state index contributed by atoms with van der Waals surface area (Å²) in [5.41, 5.74) is 0. The van der Waals surface area contributed by atoms with Crippen LogP contribution in [0, 0.1) is 0 Å².